The molecule has 0 aromatic heterocycles. The molecule has 4 unspecified atom stereocenters. The Balaban J connectivity index is 2.58. The van der Waals surface area contributed by atoms with E-state index in [0.29, 0.717) is 11.8 Å². The Kier molecular flexibility index (Phi) is 4.90. The van der Waals surface area contributed by atoms with Gasteiger partial charge in [-0.3, -0.25) is 0 Å². The lowest BCUT2D eigenvalue weighted by Crippen LogP contribution is -2.25. The normalized spacial score (nSPS) is 39.4. The zero-order valence-electron chi connectivity index (χ0n) is 9.45. The molecule has 14 heavy (non-hydrogen) atoms. The molecule has 2 N–H and O–H groups in total. The van der Waals surface area contributed by atoms with E-state index in [-0.39, 0.29) is 0 Å². The lowest BCUT2D eigenvalue weighted by atomic mass is 9.83. The molecule has 1 fully saturated rings. The van der Waals surface area contributed by atoms with Crippen molar-refractivity contribution in [2.24, 2.45) is 11.8 Å². The maximum absolute atomic E-state index is 9.72. The van der Waals surface area contributed by atoms with E-state index < -0.39 is 12.2 Å². The molecule has 84 valence electrons. The third-order valence-electron chi connectivity index (χ3n) is 3.67. The number of aliphatic hydroxyl groups excluding tert-OH is 2. The number of hydrogen-bond donors (Lipinski definition) is 2. The molecule has 0 aliphatic heterocycles. The summed E-state index contributed by atoms with van der Waals surface area (Å²) in [5.41, 5.74) is 0. The summed E-state index contributed by atoms with van der Waals surface area (Å²) in [6.45, 7) is 4.41. The van der Waals surface area contributed by atoms with Crippen molar-refractivity contribution in [1.29, 1.82) is 0 Å². The summed E-state index contributed by atoms with van der Waals surface area (Å²) >= 11 is 0. The second kappa shape index (κ2) is 5.72. The summed E-state index contributed by atoms with van der Waals surface area (Å²) in [6, 6.07) is 0. The highest BCUT2D eigenvalue weighted by molar-refractivity contribution is 4.81. The van der Waals surface area contributed by atoms with E-state index in [1.807, 2.05) is 0 Å². The summed E-state index contributed by atoms with van der Waals surface area (Å²) in [5.74, 6) is 1.33. The molecule has 1 saturated carbocycles. The van der Waals surface area contributed by atoms with Crippen LogP contribution in [0.1, 0.15) is 52.4 Å². The average Bonchev–Trinajstić information content (AvgIpc) is 2.29. The minimum absolute atomic E-state index is 0.481. The highest BCUT2D eigenvalue weighted by atomic mass is 16.3. The minimum Gasteiger partial charge on any atom is -0.390 e. The second-order valence-electron chi connectivity index (χ2n) is 4.66. The van der Waals surface area contributed by atoms with E-state index in [2.05, 4.69) is 13.8 Å². The van der Waals surface area contributed by atoms with Crippen LogP contribution in [-0.2, 0) is 0 Å². The predicted molar refractivity (Wildman–Crippen MR) is 58.0 cm³/mol. The number of rotatable bonds is 3. The smallest absolute Gasteiger partial charge is 0.0801 e. The van der Waals surface area contributed by atoms with Crippen LogP contribution in [0.3, 0.4) is 0 Å². The minimum atomic E-state index is -0.483. The first-order valence-corrected chi connectivity index (χ1v) is 6.05. The van der Waals surface area contributed by atoms with Crippen molar-refractivity contribution in [3.8, 4) is 0 Å². The first-order chi connectivity index (χ1) is 6.69. The van der Waals surface area contributed by atoms with Crippen molar-refractivity contribution >= 4 is 0 Å². The van der Waals surface area contributed by atoms with Crippen molar-refractivity contribution in [2.45, 2.75) is 64.6 Å². The van der Waals surface area contributed by atoms with Crippen molar-refractivity contribution in [2.75, 3.05) is 0 Å². The molecule has 0 aromatic carbocycles. The molecular weight excluding hydrogens is 176 g/mol. The van der Waals surface area contributed by atoms with Gasteiger partial charge in [0.15, 0.2) is 0 Å². The Morgan fingerprint density at radius 2 is 1.71 bits per heavy atom. The molecule has 0 amide bonds. The highest BCUT2D eigenvalue weighted by Crippen LogP contribution is 2.34. The molecule has 2 heteroatoms. The SMILES string of the molecule is CCCC1CC(O)C(O)CCC1CC. The summed E-state index contributed by atoms with van der Waals surface area (Å²) in [7, 11) is 0. The first kappa shape index (κ1) is 12.0. The van der Waals surface area contributed by atoms with Gasteiger partial charge in [-0.25, -0.2) is 0 Å². The van der Waals surface area contributed by atoms with E-state index in [9.17, 15) is 10.2 Å². The second-order valence-corrected chi connectivity index (χ2v) is 4.66. The van der Waals surface area contributed by atoms with Crippen LogP contribution in [-0.4, -0.2) is 22.4 Å². The fourth-order valence-corrected chi connectivity index (χ4v) is 2.73. The Hall–Kier alpha value is -0.0800. The van der Waals surface area contributed by atoms with Gasteiger partial charge in [-0.15, -0.1) is 0 Å². The fourth-order valence-electron chi connectivity index (χ4n) is 2.73. The van der Waals surface area contributed by atoms with Gasteiger partial charge in [0.05, 0.1) is 12.2 Å². The Morgan fingerprint density at radius 1 is 1.00 bits per heavy atom. The molecule has 2 nitrogen and oxygen atoms in total. The average molecular weight is 200 g/mol. The third kappa shape index (κ3) is 2.96. The Bertz CT molecular complexity index is 158. The van der Waals surface area contributed by atoms with Gasteiger partial charge in [-0.05, 0) is 31.1 Å². The number of hydrogen-bond acceptors (Lipinski definition) is 2. The van der Waals surface area contributed by atoms with Crippen LogP contribution in [0.5, 0.6) is 0 Å². The quantitative estimate of drug-likeness (QED) is 0.686. The molecule has 0 aromatic rings. The van der Waals surface area contributed by atoms with Gasteiger partial charge >= 0.3 is 0 Å². The van der Waals surface area contributed by atoms with Gasteiger partial charge in [-0.2, -0.15) is 0 Å². The van der Waals surface area contributed by atoms with Crippen LogP contribution < -0.4 is 0 Å². The summed E-state index contributed by atoms with van der Waals surface area (Å²) < 4.78 is 0. The largest absolute Gasteiger partial charge is 0.390 e. The molecular formula is C12H24O2. The molecule has 1 aliphatic rings. The van der Waals surface area contributed by atoms with Crippen LogP contribution in [0, 0.1) is 11.8 Å². The zero-order valence-corrected chi connectivity index (χ0v) is 9.45. The topological polar surface area (TPSA) is 40.5 Å². The maximum Gasteiger partial charge on any atom is 0.0801 e. The molecule has 4 atom stereocenters. The van der Waals surface area contributed by atoms with Crippen LogP contribution in [0.15, 0.2) is 0 Å². The summed E-state index contributed by atoms with van der Waals surface area (Å²) in [5, 5.41) is 19.3. The van der Waals surface area contributed by atoms with Gasteiger partial charge in [0.2, 0.25) is 0 Å². The Morgan fingerprint density at radius 3 is 2.29 bits per heavy atom. The zero-order chi connectivity index (χ0) is 10.6. The van der Waals surface area contributed by atoms with E-state index in [4.69, 9.17) is 0 Å². The summed E-state index contributed by atoms with van der Waals surface area (Å²) in [6.07, 6.45) is 5.26. The van der Waals surface area contributed by atoms with Crippen LogP contribution in [0.4, 0.5) is 0 Å². The summed E-state index contributed by atoms with van der Waals surface area (Å²) in [4.78, 5) is 0. The molecule has 0 radical (unpaired) electrons. The van der Waals surface area contributed by atoms with Gasteiger partial charge in [0.1, 0.15) is 0 Å². The van der Waals surface area contributed by atoms with E-state index in [1.54, 1.807) is 0 Å². The lowest BCUT2D eigenvalue weighted by Gasteiger charge is -2.24. The van der Waals surface area contributed by atoms with Crippen molar-refractivity contribution in [1.82, 2.24) is 0 Å². The van der Waals surface area contributed by atoms with Crippen LogP contribution in [0.2, 0.25) is 0 Å². The van der Waals surface area contributed by atoms with Gasteiger partial charge in [-0.1, -0.05) is 33.1 Å². The van der Waals surface area contributed by atoms with Crippen molar-refractivity contribution in [3.63, 3.8) is 0 Å². The fraction of sp³-hybridized carbons (Fsp3) is 1.00. The molecule has 0 spiro atoms. The van der Waals surface area contributed by atoms with E-state index >= 15 is 0 Å². The number of aliphatic hydroxyl groups is 2. The van der Waals surface area contributed by atoms with E-state index in [0.717, 1.165) is 19.3 Å². The first-order valence-electron chi connectivity index (χ1n) is 6.05. The van der Waals surface area contributed by atoms with Gasteiger partial charge < -0.3 is 10.2 Å². The van der Waals surface area contributed by atoms with E-state index in [1.165, 1.54) is 19.3 Å². The predicted octanol–water partition coefficient (Wildman–Crippen LogP) is 2.33. The van der Waals surface area contributed by atoms with Crippen LogP contribution in [0.25, 0.3) is 0 Å². The van der Waals surface area contributed by atoms with Crippen molar-refractivity contribution < 1.29 is 10.2 Å². The molecule has 0 saturated heterocycles. The third-order valence-corrected chi connectivity index (χ3v) is 3.67. The maximum atomic E-state index is 9.72. The molecule has 0 bridgehead atoms. The van der Waals surface area contributed by atoms with Crippen molar-refractivity contribution in [3.05, 3.63) is 0 Å². The molecule has 0 heterocycles. The van der Waals surface area contributed by atoms with Gasteiger partial charge in [0, 0.05) is 0 Å². The molecule has 1 aliphatic carbocycles. The monoisotopic (exact) mass is 200 g/mol. The lowest BCUT2D eigenvalue weighted by molar-refractivity contribution is 0.00933. The van der Waals surface area contributed by atoms with Crippen LogP contribution >= 0.6 is 0 Å². The Labute approximate surface area is 87.3 Å². The standard InChI is InChI=1S/C12H24O2/c1-3-5-10-8-12(14)11(13)7-6-9(10)4-2/h9-14H,3-8H2,1-2H3. The highest BCUT2D eigenvalue weighted by Gasteiger charge is 2.30. The van der Waals surface area contributed by atoms with Gasteiger partial charge in [0.25, 0.3) is 0 Å². The molecule has 1 rings (SSSR count).